The van der Waals surface area contributed by atoms with Gasteiger partial charge in [-0.05, 0) is 30.2 Å². The van der Waals surface area contributed by atoms with Crippen LogP contribution in [-0.2, 0) is 5.33 Å². The van der Waals surface area contributed by atoms with Gasteiger partial charge in [-0.25, -0.2) is 4.79 Å². The molecular formula is C10H11BrO3. The Labute approximate surface area is 90.8 Å². The zero-order valence-electron chi connectivity index (χ0n) is 8.00. The van der Waals surface area contributed by atoms with Crippen molar-refractivity contribution in [2.75, 3.05) is 7.11 Å². The number of benzene rings is 1. The van der Waals surface area contributed by atoms with Crippen molar-refractivity contribution in [1.29, 1.82) is 0 Å². The number of ether oxygens (including phenoxy) is 1. The molecule has 1 aromatic carbocycles. The lowest BCUT2D eigenvalue weighted by molar-refractivity contribution is 0.0696. The lowest BCUT2D eigenvalue weighted by Gasteiger charge is -2.09. The fourth-order valence-electron chi connectivity index (χ4n) is 1.22. The topological polar surface area (TPSA) is 46.5 Å². The lowest BCUT2D eigenvalue weighted by atomic mass is 10.1. The van der Waals surface area contributed by atoms with Crippen molar-refractivity contribution in [2.45, 2.75) is 12.3 Å². The largest absolute Gasteiger partial charge is 0.496 e. The van der Waals surface area contributed by atoms with Gasteiger partial charge in [-0.2, -0.15) is 0 Å². The van der Waals surface area contributed by atoms with E-state index in [-0.39, 0.29) is 5.56 Å². The van der Waals surface area contributed by atoms with Crippen molar-refractivity contribution in [3.05, 3.63) is 28.8 Å². The molecule has 0 saturated carbocycles. The summed E-state index contributed by atoms with van der Waals surface area (Å²) in [6, 6.07) is 3.18. The molecule has 1 N–H and O–H groups in total. The second-order valence-corrected chi connectivity index (χ2v) is 3.46. The van der Waals surface area contributed by atoms with Crippen molar-refractivity contribution in [2.24, 2.45) is 0 Å². The van der Waals surface area contributed by atoms with E-state index in [0.717, 1.165) is 11.1 Å². The van der Waals surface area contributed by atoms with Gasteiger partial charge in [0.05, 0.1) is 12.7 Å². The predicted molar refractivity (Wildman–Crippen MR) is 57.3 cm³/mol. The summed E-state index contributed by atoms with van der Waals surface area (Å²) in [5.74, 6) is -0.329. The molecule has 0 amide bonds. The summed E-state index contributed by atoms with van der Waals surface area (Å²) < 4.78 is 5.09. The van der Waals surface area contributed by atoms with Gasteiger partial charge < -0.3 is 9.84 Å². The summed E-state index contributed by atoms with van der Waals surface area (Å²) in [5, 5.41) is 9.47. The van der Waals surface area contributed by atoms with E-state index < -0.39 is 5.97 Å². The number of carbonyl (C=O) groups is 1. The third kappa shape index (κ3) is 2.07. The van der Waals surface area contributed by atoms with Gasteiger partial charge in [0.15, 0.2) is 0 Å². The zero-order chi connectivity index (χ0) is 10.7. The van der Waals surface area contributed by atoms with E-state index in [9.17, 15) is 4.79 Å². The molecule has 0 spiro atoms. The lowest BCUT2D eigenvalue weighted by Crippen LogP contribution is -2.01. The number of methoxy groups -OCH3 is 1. The number of hydrogen-bond donors (Lipinski definition) is 1. The summed E-state index contributed by atoms with van der Waals surface area (Å²) in [4.78, 5) is 10.8. The molecule has 0 bridgehead atoms. The highest BCUT2D eigenvalue weighted by Gasteiger charge is 2.10. The molecular weight excluding hydrogens is 248 g/mol. The third-order valence-corrected chi connectivity index (χ3v) is 2.68. The number of alkyl halides is 1. The van der Waals surface area contributed by atoms with E-state index in [4.69, 9.17) is 9.84 Å². The average molecular weight is 259 g/mol. The monoisotopic (exact) mass is 258 g/mol. The first-order valence-corrected chi connectivity index (χ1v) is 5.19. The Hall–Kier alpha value is -1.03. The molecule has 3 nitrogen and oxygen atoms in total. The smallest absolute Gasteiger partial charge is 0.335 e. The van der Waals surface area contributed by atoms with Crippen LogP contribution in [0.15, 0.2) is 12.1 Å². The molecule has 0 aliphatic rings. The van der Waals surface area contributed by atoms with Crippen molar-refractivity contribution in [3.63, 3.8) is 0 Å². The van der Waals surface area contributed by atoms with Crippen LogP contribution in [0.3, 0.4) is 0 Å². The van der Waals surface area contributed by atoms with Crippen LogP contribution >= 0.6 is 15.9 Å². The van der Waals surface area contributed by atoms with Gasteiger partial charge in [-0.1, -0.05) is 15.9 Å². The predicted octanol–water partition coefficient (Wildman–Crippen LogP) is 2.60. The minimum atomic E-state index is -0.939. The van der Waals surface area contributed by atoms with Crippen LogP contribution in [0, 0.1) is 6.92 Å². The maximum atomic E-state index is 10.8. The van der Waals surface area contributed by atoms with Gasteiger partial charge in [0.25, 0.3) is 0 Å². The second kappa shape index (κ2) is 4.46. The number of aromatic carboxylic acids is 1. The van der Waals surface area contributed by atoms with Crippen molar-refractivity contribution < 1.29 is 14.6 Å². The van der Waals surface area contributed by atoms with Crippen molar-refractivity contribution in [3.8, 4) is 5.75 Å². The quantitative estimate of drug-likeness (QED) is 0.848. The standard InChI is InChI=1S/C10H11BrO3/c1-6-8(5-11)3-7(10(12)13)4-9(6)14-2/h3-4H,5H2,1-2H3,(H,12,13). The van der Waals surface area contributed by atoms with Crippen LogP contribution in [0.25, 0.3) is 0 Å². The Kier molecular flexibility index (Phi) is 3.52. The summed E-state index contributed by atoms with van der Waals surface area (Å²) in [5.41, 5.74) is 2.15. The third-order valence-electron chi connectivity index (χ3n) is 2.08. The number of rotatable bonds is 3. The summed E-state index contributed by atoms with van der Waals surface area (Å²) in [6.07, 6.45) is 0. The molecule has 0 heterocycles. The van der Waals surface area contributed by atoms with Gasteiger partial charge >= 0.3 is 5.97 Å². The van der Waals surface area contributed by atoms with Crippen LogP contribution < -0.4 is 4.74 Å². The van der Waals surface area contributed by atoms with E-state index in [1.54, 1.807) is 6.07 Å². The number of carboxylic acid groups (broad SMARTS) is 1. The average Bonchev–Trinajstić information content (AvgIpc) is 2.17. The molecule has 0 radical (unpaired) electrons. The zero-order valence-corrected chi connectivity index (χ0v) is 9.59. The van der Waals surface area contributed by atoms with E-state index in [1.165, 1.54) is 13.2 Å². The van der Waals surface area contributed by atoms with E-state index in [2.05, 4.69) is 15.9 Å². The van der Waals surface area contributed by atoms with Gasteiger partial charge in [-0.3, -0.25) is 0 Å². The summed E-state index contributed by atoms with van der Waals surface area (Å²) in [7, 11) is 1.53. The maximum Gasteiger partial charge on any atom is 0.335 e. The van der Waals surface area contributed by atoms with Gasteiger partial charge in [-0.15, -0.1) is 0 Å². The van der Waals surface area contributed by atoms with E-state index in [0.29, 0.717) is 11.1 Å². The first-order valence-electron chi connectivity index (χ1n) is 4.07. The Balaban J connectivity index is 3.32. The SMILES string of the molecule is COc1cc(C(=O)O)cc(CBr)c1C. The first kappa shape index (κ1) is 11.0. The molecule has 76 valence electrons. The molecule has 0 atom stereocenters. The Bertz CT molecular complexity index is 335. The van der Waals surface area contributed by atoms with Crippen LogP contribution in [0.4, 0.5) is 0 Å². The minimum Gasteiger partial charge on any atom is -0.496 e. The minimum absolute atomic E-state index is 0.252. The molecule has 0 aliphatic heterocycles. The normalized spacial score (nSPS) is 9.93. The van der Waals surface area contributed by atoms with Crippen molar-refractivity contribution in [1.82, 2.24) is 0 Å². The summed E-state index contributed by atoms with van der Waals surface area (Å²) in [6.45, 7) is 1.90. The van der Waals surface area contributed by atoms with E-state index >= 15 is 0 Å². The number of halogens is 1. The van der Waals surface area contributed by atoms with Crippen molar-refractivity contribution >= 4 is 21.9 Å². The molecule has 0 aromatic heterocycles. The van der Waals surface area contributed by atoms with Crippen LogP contribution in [0.1, 0.15) is 21.5 Å². The Morgan fingerprint density at radius 1 is 1.57 bits per heavy atom. The Morgan fingerprint density at radius 3 is 2.64 bits per heavy atom. The van der Waals surface area contributed by atoms with Crippen LogP contribution in [0.2, 0.25) is 0 Å². The van der Waals surface area contributed by atoms with Gasteiger partial charge in [0.1, 0.15) is 5.75 Å². The molecule has 4 heteroatoms. The molecule has 14 heavy (non-hydrogen) atoms. The number of hydrogen-bond acceptors (Lipinski definition) is 2. The van der Waals surface area contributed by atoms with Crippen LogP contribution in [0.5, 0.6) is 5.75 Å². The first-order chi connectivity index (χ1) is 6.60. The fourth-order valence-corrected chi connectivity index (χ4v) is 1.80. The molecule has 0 saturated heterocycles. The van der Waals surface area contributed by atoms with Gasteiger partial charge in [0.2, 0.25) is 0 Å². The second-order valence-electron chi connectivity index (χ2n) is 2.90. The molecule has 0 aliphatic carbocycles. The highest BCUT2D eigenvalue weighted by atomic mass is 79.9. The molecule has 1 rings (SSSR count). The van der Waals surface area contributed by atoms with E-state index in [1.807, 2.05) is 6.92 Å². The molecule has 0 fully saturated rings. The van der Waals surface area contributed by atoms with Crippen LogP contribution in [-0.4, -0.2) is 18.2 Å². The highest BCUT2D eigenvalue weighted by molar-refractivity contribution is 9.08. The highest BCUT2D eigenvalue weighted by Crippen LogP contribution is 2.25. The fraction of sp³-hybridized carbons (Fsp3) is 0.300. The number of carboxylic acids is 1. The molecule has 1 aromatic rings. The maximum absolute atomic E-state index is 10.8. The van der Waals surface area contributed by atoms with Gasteiger partial charge in [0, 0.05) is 5.33 Å². The molecule has 0 unspecified atom stereocenters. The Morgan fingerprint density at radius 2 is 2.21 bits per heavy atom. The summed E-state index contributed by atoms with van der Waals surface area (Å²) >= 11 is 3.31.